The molecule has 2 N–H and O–H groups in total. The summed E-state index contributed by atoms with van der Waals surface area (Å²) in [7, 11) is 0. The van der Waals surface area contributed by atoms with Crippen LogP contribution in [0.2, 0.25) is 0 Å². The standard InChI is InChI=1S/C6H11ClN4/c1-5(7)6-4-11(3-2-8)10-9-6/h4-5H,2-3,8H2,1H3. The molecule has 0 amide bonds. The van der Waals surface area contributed by atoms with Crippen molar-refractivity contribution >= 4 is 11.6 Å². The lowest BCUT2D eigenvalue weighted by molar-refractivity contribution is 0.598. The van der Waals surface area contributed by atoms with Gasteiger partial charge in [0.15, 0.2) is 0 Å². The van der Waals surface area contributed by atoms with Crippen molar-refractivity contribution in [3.05, 3.63) is 11.9 Å². The van der Waals surface area contributed by atoms with Gasteiger partial charge in [0.25, 0.3) is 0 Å². The predicted octanol–water partition coefficient (Wildman–Crippen LogP) is 0.537. The van der Waals surface area contributed by atoms with Crippen LogP contribution in [0.5, 0.6) is 0 Å². The Hall–Kier alpha value is -0.610. The molecule has 0 bridgehead atoms. The summed E-state index contributed by atoms with van der Waals surface area (Å²) >= 11 is 5.77. The van der Waals surface area contributed by atoms with E-state index in [4.69, 9.17) is 17.3 Å². The Balaban J connectivity index is 2.66. The second-order valence-electron chi connectivity index (χ2n) is 2.31. The predicted molar refractivity (Wildman–Crippen MR) is 43.3 cm³/mol. The highest BCUT2D eigenvalue weighted by molar-refractivity contribution is 6.20. The van der Waals surface area contributed by atoms with Crippen LogP contribution in [0.4, 0.5) is 0 Å². The highest BCUT2D eigenvalue weighted by atomic mass is 35.5. The average Bonchev–Trinajstić information content (AvgIpc) is 2.37. The van der Waals surface area contributed by atoms with Gasteiger partial charge in [0, 0.05) is 12.7 Å². The maximum absolute atomic E-state index is 5.77. The molecule has 0 aliphatic rings. The van der Waals surface area contributed by atoms with E-state index in [-0.39, 0.29) is 5.38 Å². The van der Waals surface area contributed by atoms with Crippen molar-refractivity contribution in [1.29, 1.82) is 0 Å². The van der Waals surface area contributed by atoms with Crippen LogP contribution in [0, 0.1) is 0 Å². The third-order valence-corrected chi connectivity index (χ3v) is 1.55. The van der Waals surface area contributed by atoms with E-state index in [1.54, 1.807) is 4.68 Å². The van der Waals surface area contributed by atoms with E-state index in [2.05, 4.69) is 10.3 Å². The third kappa shape index (κ3) is 2.17. The molecule has 0 saturated heterocycles. The maximum Gasteiger partial charge on any atom is 0.100 e. The van der Waals surface area contributed by atoms with Crippen molar-refractivity contribution in [2.45, 2.75) is 18.8 Å². The fraction of sp³-hybridized carbons (Fsp3) is 0.667. The molecule has 0 fully saturated rings. The lowest BCUT2D eigenvalue weighted by atomic mass is 10.4. The number of nitrogens with two attached hydrogens (primary N) is 1. The first-order valence-corrected chi connectivity index (χ1v) is 3.92. The van der Waals surface area contributed by atoms with Gasteiger partial charge in [0.1, 0.15) is 5.69 Å². The van der Waals surface area contributed by atoms with Crippen LogP contribution in [0.3, 0.4) is 0 Å². The minimum atomic E-state index is -0.0819. The Labute approximate surface area is 70.3 Å². The number of alkyl halides is 1. The van der Waals surface area contributed by atoms with Crippen molar-refractivity contribution in [2.75, 3.05) is 6.54 Å². The first-order valence-electron chi connectivity index (χ1n) is 3.48. The summed E-state index contributed by atoms with van der Waals surface area (Å²) in [5.74, 6) is 0. The quantitative estimate of drug-likeness (QED) is 0.681. The highest BCUT2D eigenvalue weighted by Gasteiger charge is 2.05. The summed E-state index contributed by atoms with van der Waals surface area (Å²) in [5, 5.41) is 7.61. The van der Waals surface area contributed by atoms with Crippen LogP contribution in [0.15, 0.2) is 6.20 Å². The zero-order chi connectivity index (χ0) is 8.27. The number of halogens is 1. The molecule has 5 heteroatoms. The van der Waals surface area contributed by atoms with Crippen LogP contribution >= 0.6 is 11.6 Å². The molecule has 1 atom stereocenters. The van der Waals surface area contributed by atoms with E-state index < -0.39 is 0 Å². The van der Waals surface area contributed by atoms with Crippen molar-refractivity contribution < 1.29 is 0 Å². The molecule has 1 unspecified atom stereocenters. The molecule has 1 aromatic heterocycles. The summed E-state index contributed by atoms with van der Waals surface area (Å²) in [6, 6.07) is 0. The second kappa shape index (κ2) is 3.69. The average molecular weight is 175 g/mol. The van der Waals surface area contributed by atoms with Crippen molar-refractivity contribution in [3.63, 3.8) is 0 Å². The summed E-state index contributed by atoms with van der Waals surface area (Å²) in [4.78, 5) is 0. The van der Waals surface area contributed by atoms with Crippen LogP contribution in [0.1, 0.15) is 18.0 Å². The lowest BCUT2D eigenvalue weighted by Gasteiger charge is -1.94. The summed E-state index contributed by atoms with van der Waals surface area (Å²) in [6.07, 6.45) is 1.81. The highest BCUT2D eigenvalue weighted by Crippen LogP contribution is 2.14. The first-order chi connectivity index (χ1) is 5.24. The Bertz CT molecular complexity index is 220. The lowest BCUT2D eigenvalue weighted by Crippen LogP contribution is -2.10. The monoisotopic (exact) mass is 174 g/mol. The van der Waals surface area contributed by atoms with Gasteiger partial charge in [-0.05, 0) is 6.92 Å². The van der Waals surface area contributed by atoms with Crippen molar-refractivity contribution in [3.8, 4) is 0 Å². The second-order valence-corrected chi connectivity index (χ2v) is 2.97. The van der Waals surface area contributed by atoms with E-state index in [1.165, 1.54) is 0 Å². The molecule has 62 valence electrons. The van der Waals surface area contributed by atoms with Crippen LogP contribution in [-0.2, 0) is 6.54 Å². The maximum atomic E-state index is 5.77. The molecule has 0 spiro atoms. The number of hydrogen-bond donors (Lipinski definition) is 1. The molecular weight excluding hydrogens is 164 g/mol. The van der Waals surface area contributed by atoms with Gasteiger partial charge in [-0.3, -0.25) is 4.68 Å². The molecule has 4 nitrogen and oxygen atoms in total. The largest absolute Gasteiger partial charge is 0.329 e. The van der Waals surface area contributed by atoms with Crippen molar-refractivity contribution in [2.24, 2.45) is 5.73 Å². The molecule has 0 saturated carbocycles. The molecular formula is C6H11ClN4. The van der Waals surface area contributed by atoms with E-state index in [1.807, 2.05) is 13.1 Å². The van der Waals surface area contributed by atoms with E-state index in [0.29, 0.717) is 13.1 Å². The summed E-state index contributed by atoms with van der Waals surface area (Å²) in [6.45, 7) is 3.12. The van der Waals surface area contributed by atoms with Gasteiger partial charge in [0.2, 0.25) is 0 Å². The number of aromatic nitrogens is 3. The van der Waals surface area contributed by atoms with Gasteiger partial charge in [0.05, 0.1) is 11.9 Å². The Morgan fingerprint density at radius 2 is 2.55 bits per heavy atom. The molecule has 0 aliphatic carbocycles. The molecule has 0 aliphatic heterocycles. The molecule has 0 radical (unpaired) electrons. The van der Waals surface area contributed by atoms with Gasteiger partial charge in [-0.25, -0.2) is 0 Å². The Morgan fingerprint density at radius 1 is 1.82 bits per heavy atom. The number of rotatable bonds is 3. The Kier molecular flexibility index (Phi) is 2.84. The van der Waals surface area contributed by atoms with Gasteiger partial charge in [-0.1, -0.05) is 5.21 Å². The Morgan fingerprint density at radius 3 is 3.00 bits per heavy atom. The molecule has 11 heavy (non-hydrogen) atoms. The van der Waals surface area contributed by atoms with E-state index in [0.717, 1.165) is 5.69 Å². The number of nitrogens with zero attached hydrogens (tertiary/aromatic N) is 3. The van der Waals surface area contributed by atoms with Crippen LogP contribution < -0.4 is 5.73 Å². The minimum Gasteiger partial charge on any atom is -0.329 e. The summed E-state index contributed by atoms with van der Waals surface area (Å²) < 4.78 is 1.69. The van der Waals surface area contributed by atoms with Gasteiger partial charge < -0.3 is 5.73 Å². The third-order valence-electron chi connectivity index (χ3n) is 1.32. The smallest absolute Gasteiger partial charge is 0.100 e. The first kappa shape index (κ1) is 8.49. The zero-order valence-electron chi connectivity index (χ0n) is 6.37. The fourth-order valence-corrected chi connectivity index (χ4v) is 0.837. The van der Waals surface area contributed by atoms with E-state index in [9.17, 15) is 0 Å². The molecule has 0 aromatic carbocycles. The molecule has 1 heterocycles. The SMILES string of the molecule is CC(Cl)c1cn(CCN)nn1. The van der Waals surface area contributed by atoms with E-state index >= 15 is 0 Å². The normalized spacial score (nSPS) is 13.4. The fourth-order valence-electron chi connectivity index (χ4n) is 0.737. The topological polar surface area (TPSA) is 56.7 Å². The molecule has 1 rings (SSSR count). The number of hydrogen-bond acceptors (Lipinski definition) is 3. The van der Waals surface area contributed by atoms with Gasteiger partial charge >= 0.3 is 0 Å². The molecule has 1 aromatic rings. The van der Waals surface area contributed by atoms with Crippen LogP contribution in [0.25, 0.3) is 0 Å². The minimum absolute atomic E-state index is 0.0819. The van der Waals surface area contributed by atoms with Gasteiger partial charge in [-0.15, -0.1) is 16.7 Å². The van der Waals surface area contributed by atoms with Crippen LogP contribution in [-0.4, -0.2) is 21.5 Å². The zero-order valence-corrected chi connectivity index (χ0v) is 7.12. The van der Waals surface area contributed by atoms with Gasteiger partial charge in [-0.2, -0.15) is 0 Å². The summed E-state index contributed by atoms with van der Waals surface area (Å²) in [5.41, 5.74) is 6.12. The van der Waals surface area contributed by atoms with Crippen molar-refractivity contribution in [1.82, 2.24) is 15.0 Å².